The van der Waals surface area contributed by atoms with Crippen LogP contribution in [0.5, 0.6) is 0 Å². The Morgan fingerprint density at radius 2 is 1.97 bits per heavy atom. The lowest BCUT2D eigenvalue weighted by molar-refractivity contribution is -0.143. The number of aromatic nitrogens is 1. The lowest BCUT2D eigenvalue weighted by Crippen LogP contribution is -2.35. The molecule has 0 radical (unpaired) electrons. The molecular weight excluding hydrogens is 405 g/mol. The summed E-state index contributed by atoms with van der Waals surface area (Å²) in [6.45, 7) is 4.10. The van der Waals surface area contributed by atoms with Gasteiger partial charge in [0.1, 0.15) is 11.6 Å². The molecule has 2 aliphatic rings. The maximum absolute atomic E-state index is 12.5. The Morgan fingerprint density at radius 3 is 2.61 bits per heavy atom. The number of nitrogens with one attached hydrogen (secondary N) is 1. The molecule has 1 unspecified atom stereocenters. The van der Waals surface area contributed by atoms with E-state index in [1.165, 1.54) is 24.2 Å². The Bertz CT molecular complexity index is 859. The van der Waals surface area contributed by atoms with Gasteiger partial charge in [0, 0.05) is 30.5 Å². The van der Waals surface area contributed by atoms with Crippen molar-refractivity contribution in [3.63, 3.8) is 0 Å². The fourth-order valence-electron chi connectivity index (χ4n) is 4.96. The van der Waals surface area contributed by atoms with Gasteiger partial charge in [-0.2, -0.15) is 18.4 Å². The van der Waals surface area contributed by atoms with Gasteiger partial charge in [0.2, 0.25) is 0 Å². The third-order valence-corrected chi connectivity index (χ3v) is 6.45. The van der Waals surface area contributed by atoms with Crippen molar-refractivity contribution in [1.29, 1.82) is 5.26 Å². The first-order valence-corrected chi connectivity index (χ1v) is 11.1. The molecule has 2 fully saturated rings. The number of aryl methyl sites for hydroxylation is 1. The highest BCUT2D eigenvalue weighted by Gasteiger charge is 2.34. The Morgan fingerprint density at radius 1 is 1.26 bits per heavy atom. The van der Waals surface area contributed by atoms with Gasteiger partial charge in [0.15, 0.2) is 0 Å². The number of carbonyl (C=O) groups is 1. The third-order valence-electron chi connectivity index (χ3n) is 6.45. The van der Waals surface area contributed by atoms with E-state index in [4.69, 9.17) is 0 Å². The Balaban J connectivity index is 1.62. The minimum atomic E-state index is -4.21. The van der Waals surface area contributed by atoms with Crippen LogP contribution >= 0.6 is 0 Å². The first kappa shape index (κ1) is 23.4. The summed E-state index contributed by atoms with van der Waals surface area (Å²) in [4.78, 5) is 13.9. The number of nitrogens with zero attached hydrogens (tertiary/aromatic N) is 3. The number of halogens is 3. The molecule has 1 N–H and O–H groups in total. The number of alkyl halides is 3. The molecule has 1 amide bonds. The van der Waals surface area contributed by atoms with E-state index in [2.05, 4.69) is 16.8 Å². The summed E-state index contributed by atoms with van der Waals surface area (Å²) in [5, 5.41) is 12.3. The number of rotatable bonds is 6. The van der Waals surface area contributed by atoms with Crippen LogP contribution in [0.15, 0.2) is 11.6 Å². The van der Waals surface area contributed by atoms with Crippen LogP contribution < -0.4 is 5.32 Å². The number of likely N-dealkylation sites (tertiary alicyclic amines) is 1. The van der Waals surface area contributed by atoms with Crippen LogP contribution in [0.2, 0.25) is 0 Å². The fraction of sp³-hybridized carbons (Fsp3) is 0.652. The molecule has 0 spiro atoms. The predicted octanol–water partition coefficient (Wildman–Crippen LogP) is 4.52. The van der Waals surface area contributed by atoms with Gasteiger partial charge in [-0.15, -0.1) is 0 Å². The molecule has 1 saturated heterocycles. The second kappa shape index (κ2) is 9.90. The predicted molar refractivity (Wildman–Crippen MR) is 113 cm³/mol. The average molecular weight is 437 g/mol. The van der Waals surface area contributed by atoms with Crippen molar-refractivity contribution in [3.8, 4) is 6.07 Å². The molecule has 8 heteroatoms. The van der Waals surface area contributed by atoms with E-state index in [9.17, 15) is 23.2 Å². The van der Waals surface area contributed by atoms with Crippen LogP contribution in [-0.2, 0) is 4.79 Å². The van der Waals surface area contributed by atoms with E-state index in [0.29, 0.717) is 25.6 Å². The lowest BCUT2D eigenvalue weighted by atomic mass is 9.95. The summed E-state index contributed by atoms with van der Waals surface area (Å²) in [5.41, 5.74) is 3.08. The van der Waals surface area contributed by atoms with Crippen molar-refractivity contribution in [2.45, 2.75) is 64.6 Å². The molecular formula is C23H31F3N4O. The Hall–Kier alpha value is -2.27. The standard InChI is InChI=1S/C23H31F3N4O/c1-16-10-19(17(2)30(16)21-6-4-3-5-7-21)11-20(12-27)22(31)28-13-18-8-9-29(14-18)15-23(24,25)26/h10-11,18,21H,3-9,13-15H2,1-2H3,(H,28,31)/b20-11-. The monoisotopic (exact) mass is 436 g/mol. The van der Waals surface area contributed by atoms with Crippen molar-refractivity contribution in [1.82, 2.24) is 14.8 Å². The van der Waals surface area contributed by atoms with Gasteiger partial charge in [-0.25, -0.2) is 0 Å². The number of carbonyl (C=O) groups excluding carboxylic acids is 1. The highest BCUT2D eigenvalue weighted by Crippen LogP contribution is 2.32. The molecule has 1 atom stereocenters. The minimum Gasteiger partial charge on any atom is -0.351 e. The topological polar surface area (TPSA) is 61.1 Å². The molecule has 0 aromatic carbocycles. The number of hydrogen-bond acceptors (Lipinski definition) is 3. The summed E-state index contributed by atoms with van der Waals surface area (Å²) in [6, 6.07) is 4.47. The normalized spacial score (nSPS) is 21.3. The third kappa shape index (κ3) is 6.13. The van der Waals surface area contributed by atoms with Crippen LogP contribution in [0.3, 0.4) is 0 Å². The van der Waals surface area contributed by atoms with Gasteiger partial charge in [-0.05, 0) is 63.3 Å². The van der Waals surface area contributed by atoms with E-state index in [1.54, 1.807) is 6.08 Å². The number of hydrogen-bond donors (Lipinski definition) is 1. The maximum atomic E-state index is 12.5. The molecule has 1 aliphatic heterocycles. The van der Waals surface area contributed by atoms with Crippen LogP contribution in [0.4, 0.5) is 13.2 Å². The minimum absolute atomic E-state index is 0.0223. The van der Waals surface area contributed by atoms with Crippen LogP contribution in [-0.4, -0.2) is 47.7 Å². The second-order valence-corrected chi connectivity index (χ2v) is 8.87. The first-order chi connectivity index (χ1) is 14.7. The van der Waals surface area contributed by atoms with Crippen LogP contribution in [0.25, 0.3) is 6.08 Å². The summed E-state index contributed by atoms with van der Waals surface area (Å²) in [7, 11) is 0. The zero-order valence-corrected chi connectivity index (χ0v) is 18.3. The quantitative estimate of drug-likeness (QED) is 0.527. The average Bonchev–Trinajstić information content (AvgIpc) is 3.26. The Kier molecular flexibility index (Phi) is 7.47. The maximum Gasteiger partial charge on any atom is 0.401 e. The zero-order valence-electron chi connectivity index (χ0n) is 18.3. The molecule has 1 aliphatic carbocycles. The Labute approximate surface area is 181 Å². The lowest BCUT2D eigenvalue weighted by Gasteiger charge is -2.26. The molecule has 0 bridgehead atoms. The highest BCUT2D eigenvalue weighted by atomic mass is 19.4. The van der Waals surface area contributed by atoms with Crippen molar-refractivity contribution < 1.29 is 18.0 Å². The van der Waals surface area contributed by atoms with Gasteiger partial charge < -0.3 is 9.88 Å². The van der Waals surface area contributed by atoms with Crippen molar-refractivity contribution >= 4 is 12.0 Å². The summed E-state index contributed by atoms with van der Waals surface area (Å²) >= 11 is 0. The molecule has 2 heterocycles. The van der Waals surface area contributed by atoms with E-state index >= 15 is 0 Å². The first-order valence-electron chi connectivity index (χ1n) is 11.1. The summed E-state index contributed by atoms with van der Waals surface area (Å²) in [6.07, 6.45) is 4.04. The van der Waals surface area contributed by atoms with Gasteiger partial charge in [-0.3, -0.25) is 9.69 Å². The van der Waals surface area contributed by atoms with Crippen LogP contribution in [0.1, 0.15) is 61.5 Å². The van der Waals surface area contributed by atoms with E-state index < -0.39 is 18.6 Å². The fourth-order valence-corrected chi connectivity index (χ4v) is 4.96. The second-order valence-electron chi connectivity index (χ2n) is 8.87. The van der Waals surface area contributed by atoms with Gasteiger partial charge >= 0.3 is 6.18 Å². The van der Waals surface area contributed by atoms with E-state index in [0.717, 1.165) is 29.8 Å². The van der Waals surface area contributed by atoms with Gasteiger partial charge in [-0.1, -0.05) is 19.3 Å². The highest BCUT2D eigenvalue weighted by molar-refractivity contribution is 6.01. The van der Waals surface area contributed by atoms with Gasteiger partial charge in [0.05, 0.1) is 6.54 Å². The number of nitriles is 1. The van der Waals surface area contributed by atoms with Crippen molar-refractivity contribution in [2.24, 2.45) is 5.92 Å². The summed E-state index contributed by atoms with van der Waals surface area (Å²) < 4.78 is 39.9. The van der Waals surface area contributed by atoms with Crippen molar-refractivity contribution in [2.75, 3.05) is 26.2 Å². The van der Waals surface area contributed by atoms with E-state index in [1.807, 2.05) is 19.1 Å². The molecule has 31 heavy (non-hydrogen) atoms. The number of amides is 1. The molecule has 170 valence electrons. The molecule has 5 nitrogen and oxygen atoms in total. The molecule has 1 aromatic heterocycles. The van der Waals surface area contributed by atoms with Crippen molar-refractivity contribution in [3.05, 3.63) is 28.6 Å². The van der Waals surface area contributed by atoms with Crippen LogP contribution in [0, 0.1) is 31.1 Å². The smallest absolute Gasteiger partial charge is 0.351 e. The van der Waals surface area contributed by atoms with Gasteiger partial charge in [0.25, 0.3) is 5.91 Å². The summed E-state index contributed by atoms with van der Waals surface area (Å²) in [5.74, 6) is -0.512. The SMILES string of the molecule is Cc1cc(/C=C(/C#N)C(=O)NCC2CCN(CC(F)(F)F)C2)c(C)n1C1CCCCC1. The molecule has 1 aromatic rings. The molecule has 1 saturated carbocycles. The molecule has 3 rings (SSSR count). The zero-order chi connectivity index (χ0) is 22.6. The van der Waals surface area contributed by atoms with E-state index in [-0.39, 0.29) is 18.0 Å². The largest absolute Gasteiger partial charge is 0.401 e.